The first kappa shape index (κ1) is 26.4. The first-order valence-corrected chi connectivity index (χ1v) is 11.7. The van der Waals surface area contributed by atoms with E-state index in [0.29, 0.717) is 18.0 Å². The SMILES string of the molecule is CCN1CCN(Cc2ccccc2CNC(=NC)NC2CN(C(C)C)CC2C)CC1.I. The lowest BCUT2D eigenvalue weighted by molar-refractivity contribution is 0.131. The van der Waals surface area contributed by atoms with Gasteiger partial charge >= 0.3 is 0 Å². The van der Waals surface area contributed by atoms with Crippen LogP contribution in [0.1, 0.15) is 38.8 Å². The van der Waals surface area contributed by atoms with Crippen molar-refractivity contribution in [3.05, 3.63) is 35.4 Å². The quantitative estimate of drug-likeness (QED) is 0.315. The van der Waals surface area contributed by atoms with Crippen molar-refractivity contribution < 1.29 is 0 Å². The summed E-state index contributed by atoms with van der Waals surface area (Å²) >= 11 is 0. The zero-order chi connectivity index (χ0) is 21.5. The lowest BCUT2D eigenvalue weighted by atomic mass is 10.1. The lowest BCUT2D eigenvalue weighted by Gasteiger charge is -2.34. The number of hydrogen-bond acceptors (Lipinski definition) is 4. The van der Waals surface area contributed by atoms with Gasteiger partial charge in [-0.1, -0.05) is 38.1 Å². The highest BCUT2D eigenvalue weighted by atomic mass is 127. The van der Waals surface area contributed by atoms with Gasteiger partial charge in [0.2, 0.25) is 0 Å². The fraction of sp³-hybridized carbons (Fsp3) is 0.708. The second-order valence-corrected chi connectivity index (χ2v) is 9.18. The smallest absolute Gasteiger partial charge is 0.191 e. The van der Waals surface area contributed by atoms with E-state index in [2.05, 4.69) is 82.3 Å². The van der Waals surface area contributed by atoms with Gasteiger partial charge in [0.25, 0.3) is 0 Å². The monoisotopic (exact) mass is 542 g/mol. The molecular weight excluding hydrogens is 499 g/mol. The number of nitrogens with zero attached hydrogens (tertiary/aromatic N) is 4. The van der Waals surface area contributed by atoms with Crippen molar-refractivity contribution in [2.24, 2.45) is 10.9 Å². The van der Waals surface area contributed by atoms with Gasteiger partial charge < -0.3 is 15.5 Å². The van der Waals surface area contributed by atoms with Gasteiger partial charge in [-0.05, 0) is 37.4 Å². The molecule has 31 heavy (non-hydrogen) atoms. The topological polar surface area (TPSA) is 46.1 Å². The molecule has 0 amide bonds. The van der Waals surface area contributed by atoms with Gasteiger partial charge in [0.1, 0.15) is 0 Å². The summed E-state index contributed by atoms with van der Waals surface area (Å²) in [4.78, 5) is 12.2. The van der Waals surface area contributed by atoms with E-state index in [4.69, 9.17) is 0 Å². The van der Waals surface area contributed by atoms with E-state index in [-0.39, 0.29) is 24.0 Å². The average molecular weight is 543 g/mol. The largest absolute Gasteiger partial charge is 0.352 e. The summed E-state index contributed by atoms with van der Waals surface area (Å²) in [5, 5.41) is 7.23. The number of benzene rings is 1. The Morgan fingerprint density at radius 1 is 1.06 bits per heavy atom. The minimum absolute atomic E-state index is 0. The van der Waals surface area contributed by atoms with Crippen LogP contribution in [0.15, 0.2) is 29.3 Å². The Hall–Kier alpha value is -0.900. The fourth-order valence-electron chi connectivity index (χ4n) is 4.55. The van der Waals surface area contributed by atoms with Crippen molar-refractivity contribution in [2.75, 3.05) is 52.9 Å². The van der Waals surface area contributed by atoms with Gasteiger partial charge in [0, 0.05) is 71.5 Å². The Bertz CT molecular complexity index is 686. The molecule has 2 atom stereocenters. The van der Waals surface area contributed by atoms with Gasteiger partial charge in [-0.3, -0.25) is 14.8 Å². The fourth-order valence-corrected chi connectivity index (χ4v) is 4.55. The third-order valence-electron chi connectivity index (χ3n) is 6.79. The number of likely N-dealkylation sites (N-methyl/N-ethyl adjacent to an activating group) is 1. The Morgan fingerprint density at radius 3 is 2.29 bits per heavy atom. The van der Waals surface area contributed by atoms with Crippen molar-refractivity contribution in [3.8, 4) is 0 Å². The summed E-state index contributed by atoms with van der Waals surface area (Å²) < 4.78 is 0. The highest BCUT2D eigenvalue weighted by molar-refractivity contribution is 14.0. The van der Waals surface area contributed by atoms with Crippen molar-refractivity contribution in [1.29, 1.82) is 0 Å². The predicted octanol–water partition coefficient (Wildman–Crippen LogP) is 2.84. The normalized spacial score (nSPS) is 23.7. The van der Waals surface area contributed by atoms with E-state index in [1.807, 2.05) is 7.05 Å². The van der Waals surface area contributed by atoms with Crippen LogP contribution in [0.5, 0.6) is 0 Å². The van der Waals surface area contributed by atoms with Crippen LogP contribution >= 0.6 is 24.0 Å². The molecular formula is C24H43IN6. The van der Waals surface area contributed by atoms with E-state index in [1.165, 1.54) is 24.2 Å². The number of aliphatic imine (C=N–C) groups is 1. The van der Waals surface area contributed by atoms with Crippen molar-refractivity contribution in [3.63, 3.8) is 0 Å². The maximum absolute atomic E-state index is 4.49. The second kappa shape index (κ2) is 13.0. The number of rotatable bonds is 7. The number of hydrogen-bond donors (Lipinski definition) is 2. The highest BCUT2D eigenvalue weighted by Gasteiger charge is 2.31. The molecule has 6 nitrogen and oxygen atoms in total. The van der Waals surface area contributed by atoms with Gasteiger partial charge in [-0.25, -0.2) is 0 Å². The molecule has 0 aromatic heterocycles. The summed E-state index contributed by atoms with van der Waals surface area (Å²) in [5.41, 5.74) is 2.78. The predicted molar refractivity (Wildman–Crippen MR) is 142 cm³/mol. The van der Waals surface area contributed by atoms with Crippen LogP contribution < -0.4 is 10.6 Å². The van der Waals surface area contributed by atoms with Gasteiger partial charge in [0.15, 0.2) is 5.96 Å². The molecule has 1 aromatic rings. The minimum atomic E-state index is 0. The van der Waals surface area contributed by atoms with E-state index in [0.717, 1.165) is 51.8 Å². The van der Waals surface area contributed by atoms with Crippen LogP contribution in [-0.4, -0.2) is 85.6 Å². The van der Waals surface area contributed by atoms with E-state index in [1.54, 1.807) is 0 Å². The molecule has 2 heterocycles. The number of halogens is 1. The molecule has 0 radical (unpaired) electrons. The van der Waals surface area contributed by atoms with Crippen LogP contribution in [-0.2, 0) is 13.1 Å². The molecule has 0 saturated carbocycles. The first-order valence-electron chi connectivity index (χ1n) is 11.7. The van der Waals surface area contributed by atoms with Crippen molar-refractivity contribution in [1.82, 2.24) is 25.3 Å². The molecule has 2 fully saturated rings. The molecule has 3 rings (SSSR count). The Morgan fingerprint density at radius 2 is 1.71 bits per heavy atom. The molecule has 2 N–H and O–H groups in total. The standard InChI is InChI=1S/C24H42N6.HI/c1-6-28-11-13-29(14-12-28)17-22-10-8-7-9-21(22)15-26-24(25-5)27-23-18-30(19(2)3)16-20(23)4;/h7-10,19-20,23H,6,11-18H2,1-5H3,(H2,25,26,27);1H. The highest BCUT2D eigenvalue weighted by Crippen LogP contribution is 2.19. The number of likely N-dealkylation sites (tertiary alicyclic amines) is 1. The molecule has 0 aliphatic carbocycles. The molecule has 2 unspecified atom stereocenters. The summed E-state index contributed by atoms with van der Waals surface area (Å²) in [7, 11) is 1.87. The van der Waals surface area contributed by atoms with Gasteiger partial charge in [-0.2, -0.15) is 0 Å². The third kappa shape index (κ3) is 7.58. The summed E-state index contributed by atoms with van der Waals surface area (Å²) in [6.07, 6.45) is 0. The van der Waals surface area contributed by atoms with Gasteiger partial charge in [0.05, 0.1) is 0 Å². The average Bonchev–Trinajstić information content (AvgIpc) is 3.13. The summed E-state index contributed by atoms with van der Waals surface area (Å²) in [6, 6.07) is 9.87. The van der Waals surface area contributed by atoms with Crippen molar-refractivity contribution in [2.45, 2.75) is 52.9 Å². The molecule has 176 valence electrons. The molecule has 2 saturated heterocycles. The lowest BCUT2D eigenvalue weighted by Crippen LogP contribution is -2.47. The molecule has 0 bridgehead atoms. The summed E-state index contributed by atoms with van der Waals surface area (Å²) in [6.45, 7) is 19.1. The number of guanidine groups is 1. The minimum Gasteiger partial charge on any atom is -0.352 e. The second-order valence-electron chi connectivity index (χ2n) is 9.18. The number of nitrogens with one attached hydrogen (secondary N) is 2. The first-order chi connectivity index (χ1) is 14.5. The van der Waals surface area contributed by atoms with Crippen LogP contribution in [0.25, 0.3) is 0 Å². The van der Waals surface area contributed by atoms with E-state index >= 15 is 0 Å². The Labute approximate surface area is 206 Å². The third-order valence-corrected chi connectivity index (χ3v) is 6.79. The van der Waals surface area contributed by atoms with Crippen molar-refractivity contribution >= 4 is 29.9 Å². The number of piperazine rings is 1. The Kier molecular flexibility index (Phi) is 11.0. The van der Waals surface area contributed by atoms with Crippen LogP contribution in [0.3, 0.4) is 0 Å². The van der Waals surface area contributed by atoms with Crippen LogP contribution in [0.4, 0.5) is 0 Å². The molecule has 1 aromatic carbocycles. The van der Waals surface area contributed by atoms with E-state index in [9.17, 15) is 0 Å². The van der Waals surface area contributed by atoms with Gasteiger partial charge in [-0.15, -0.1) is 24.0 Å². The molecule has 2 aliphatic heterocycles. The maximum atomic E-state index is 4.49. The van der Waals surface area contributed by atoms with Crippen LogP contribution in [0, 0.1) is 5.92 Å². The molecule has 2 aliphatic rings. The zero-order valence-corrected chi connectivity index (χ0v) is 22.4. The van der Waals surface area contributed by atoms with E-state index < -0.39 is 0 Å². The summed E-state index contributed by atoms with van der Waals surface area (Å²) in [5.74, 6) is 1.53. The maximum Gasteiger partial charge on any atom is 0.191 e. The zero-order valence-electron chi connectivity index (χ0n) is 20.1. The van der Waals surface area contributed by atoms with Crippen LogP contribution in [0.2, 0.25) is 0 Å². The molecule has 7 heteroatoms. The molecule has 0 spiro atoms. The Balaban J connectivity index is 0.00000341.